The molecule has 1 unspecified atom stereocenters. The van der Waals surface area contributed by atoms with E-state index in [1.165, 1.54) is 24.0 Å². The molecule has 0 spiro atoms. The summed E-state index contributed by atoms with van der Waals surface area (Å²) in [4.78, 5) is 2.37. The number of benzene rings is 1. The lowest BCUT2D eigenvalue weighted by atomic mass is 10.1. The minimum atomic E-state index is -0.476. The van der Waals surface area contributed by atoms with Crippen LogP contribution in [0.4, 0.5) is 0 Å². The van der Waals surface area contributed by atoms with Crippen LogP contribution in [0.1, 0.15) is 29.7 Å². The SMILES string of the molecule is Cc1ccc(CN(CC(O)COCc2ccco2)C2CC2)cc1. The van der Waals surface area contributed by atoms with Crippen molar-refractivity contribution in [1.82, 2.24) is 4.90 Å². The second kappa shape index (κ2) is 7.77. The van der Waals surface area contributed by atoms with Crippen molar-refractivity contribution < 1.29 is 14.3 Å². The van der Waals surface area contributed by atoms with Gasteiger partial charge in [-0.1, -0.05) is 29.8 Å². The Morgan fingerprint density at radius 1 is 1.26 bits per heavy atom. The fourth-order valence-electron chi connectivity index (χ4n) is 2.72. The number of furan rings is 1. The van der Waals surface area contributed by atoms with E-state index >= 15 is 0 Å². The summed E-state index contributed by atoms with van der Waals surface area (Å²) in [6.07, 6.45) is 3.61. The number of aliphatic hydroxyl groups is 1. The fourth-order valence-corrected chi connectivity index (χ4v) is 2.72. The topological polar surface area (TPSA) is 45.8 Å². The molecular formula is C19H25NO3. The predicted octanol–water partition coefficient (Wildman–Crippen LogP) is 3.13. The molecule has 1 saturated carbocycles. The van der Waals surface area contributed by atoms with E-state index in [0.717, 1.165) is 12.3 Å². The smallest absolute Gasteiger partial charge is 0.129 e. The van der Waals surface area contributed by atoms with Crippen molar-refractivity contribution in [2.45, 2.75) is 45.1 Å². The van der Waals surface area contributed by atoms with E-state index in [2.05, 4.69) is 36.1 Å². The van der Waals surface area contributed by atoms with Gasteiger partial charge in [-0.05, 0) is 37.5 Å². The van der Waals surface area contributed by atoms with Crippen LogP contribution in [-0.4, -0.2) is 35.3 Å². The first-order valence-corrected chi connectivity index (χ1v) is 8.28. The molecule has 0 aliphatic heterocycles. The zero-order valence-electron chi connectivity index (χ0n) is 13.6. The number of hydrogen-bond acceptors (Lipinski definition) is 4. The van der Waals surface area contributed by atoms with Crippen molar-refractivity contribution in [1.29, 1.82) is 0 Å². The summed E-state index contributed by atoms with van der Waals surface area (Å²) in [5, 5.41) is 10.2. The number of nitrogens with zero attached hydrogens (tertiary/aromatic N) is 1. The van der Waals surface area contributed by atoms with Gasteiger partial charge >= 0.3 is 0 Å². The Kier molecular flexibility index (Phi) is 5.49. The summed E-state index contributed by atoms with van der Waals surface area (Å²) in [6, 6.07) is 12.9. The van der Waals surface area contributed by atoms with Crippen LogP contribution < -0.4 is 0 Å². The fraction of sp³-hybridized carbons (Fsp3) is 0.474. The number of rotatable bonds is 9. The molecule has 0 amide bonds. The largest absolute Gasteiger partial charge is 0.467 e. The molecule has 0 bridgehead atoms. The number of hydrogen-bond donors (Lipinski definition) is 1. The maximum absolute atomic E-state index is 10.2. The molecular weight excluding hydrogens is 290 g/mol. The average molecular weight is 315 g/mol. The van der Waals surface area contributed by atoms with Gasteiger partial charge < -0.3 is 14.3 Å². The van der Waals surface area contributed by atoms with Gasteiger partial charge in [0.25, 0.3) is 0 Å². The van der Waals surface area contributed by atoms with Crippen molar-refractivity contribution in [2.75, 3.05) is 13.2 Å². The van der Waals surface area contributed by atoms with E-state index in [1.54, 1.807) is 6.26 Å². The van der Waals surface area contributed by atoms with Crippen LogP contribution in [0, 0.1) is 6.92 Å². The summed E-state index contributed by atoms with van der Waals surface area (Å²) in [6.45, 7) is 4.38. The summed E-state index contributed by atoms with van der Waals surface area (Å²) >= 11 is 0. The monoisotopic (exact) mass is 315 g/mol. The molecule has 1 aromatic heterocycles. The minimum absolute atomic E-state index is 0.331. The third-order valence-corrected chi connectivity index (χ3v) is 4.15. The molecule has 0 radical (unpaired) electrons. The Morgan fingerprint density at radius 3 is 2.70 bits per heavy atom. The zero-order chi connectivity index (χ0) is 16.1. The van der Waals surface area contributed by atoms with Gasteiger partial charge in [0, 0.05) is 19.1 Å². The summed E-state index contributed by atoms with van der Waals surface area (Å²) in [5.41, 5.74) is 2.57. The van der Waals surface area contributed by atoms with Crippen molar-refractivity contribution in [3.8, 4) is 0 Å². The standard InChI is InChI=1S/C19H25NO3/c1-15-4-6-16(7-5-15)11-20(17-8-9-17)12-18(21)13-22-14-19-3-2-10-23-19/h2-7,10,17-18,21H,8-9,11-14H2,1H3. The molecule has 0 saturated heterocycles. The number of ether oxygens (including phenoxy) is 1. The van der Waals surface area contributed by atoms with Crippen molar-refractivity contribution >= 4 is 0 Å². The molecule has 124 valence electrons. The molecule has 1 heterocycles. The summed E-state index contributed by atoms with van der Waals surface area (Å²) in [7, 11) is 0. The van der Waals surface area contributed by atoms with Crippen LogP contribution in [0.2, 0.25) is 0 Å². The van der Waals surface area contributed by atoms with E-state index in [1.807, 2.05) is 12.1 Å². The molecule has 2 aromatic rings. The Labute approximate surface area is 137 Å². The van der Waals surface area contributed by atoms with E-state index in [0.29, 0.717) is 25.8 Å². The Balaban J connectivity index is 1.45. The third-order valence-electron chi connectivity index (χ3n) is 4.15. The number of aliphatic hydroxyl groups excluding tert-OH is 1. The van der Waals surface area contributed by atoms with Crippen LogP contribution >= 0.6 is 0 Å². The highest BCUT2D eigenvalue weighted by Gasteiger charge is 2.30. The second-order valence-electron chi connectivity index (χ2n) is 6.39. The number of aryl methyl sites for hydroxylation is 1. The molecule has 1 atom stereocenters. The van der Waals surface area contributed by atoms with Gasteiger partial charge in [-0.25, -0.2) is 0 Å². The second-order valence-corrected chi connectivity index (χ2v) is 6.39. The Hall–Kier alpha value is -1.62. The lowest BCUT2D eigenvalue weighted by molar-refractivity contribution is 0.00246. The van der Waals surface area contributed by atoms with Gasteiger partial charge in [0.2, 0.25) is 0 Å². The van der Waals surface area contributed by atoms with Gasteiger partial charge in [-0.3, -0.25) is 4.90 Å². The molecule has 1 aromatic carbocycles. The van der Waals surface area contributed by atoms with Crippen molar-refractivity contribution in [2.24, 2.45) is 0 Å². The first-order chi connectivity index (χ1) is 11.2. The molecule has 1 fully saturated rings. The van der Waals surface area contributed by atoms with Crippen LogP contribution in [0.15, 0.2) is 47.1 Å². The van der Waals surface area contributed by atoms with Crippen LogP contribution in [0.5, 0.6) is 0 Å². The highest BCUT2D eigenvalue weighted by molar-refractivity contribution is 5.21. The van der Waals surface area contributed by atoms with Crippen molar-refractivity contribution in [3.05, 3.63) is 59.5 Å². The predicted molar refractivity (Wildman–Crippen MR) is 89.0 cm³/mol. The third kappa shape index (κ3) is 5.20. The maximum atomic E-state index is 10.2. The molecule has 3 rings (SSSR count). The van der Waals surface area contributed by atoms with E-state index < -0.39 is 6.10 Å². The average Bonchev–Trinajstić information content (AvgIpc) is 3.26. The molecule has 1 aliphatic carbocycles. The first kappa shape index (κ1) is 16.2. The molecule has 4 nitrogen and oxygen atoms in total. The molecule has 1 N–H and O–H groups in total. The molecule has 4 heteroatoms. The first-order valence-electron chi connectivity index (χ1n) is 8.28. The highest BCUT2D eigenvalue weighted by Crippen LogP contribution is 2.28. The lowest BCUT2D eigenvalue weighted by Crippen LogP contribution is -2.36. The van der Waals surface area contributed by atoms with Crippen molar-refractivity contribution in [3.63, 3.8) is 0 Å². The van der Waals surface area contributed by atoms with E-state index in [9.17, 15) is 5.11 Å². The summed E-state index contributed by atoms with van der Waals surface area (Å²) in [5.74, 6) is 0.788. The van der Waals surface area contributed by atoms with E-state index in [4.69, 9.17) is 9.15 Å². The van der Waals surface area contributed by atoms with Crippen LogP contribution in [-0.2, 0) is 17.9 Å². The van der Waals surface area contributed by atoms with Gasteiger partial charge in [0.1, 0.15) is 12.4 Å². The van der Waals surface area contributed by atoms with Gasteiger partial charge in [0.05, 0.1) is 19.0 Å². The highest BCUT2D eigenvalue weighted by atomic mass is 16.5. The zero-order valence-corrected chi connectivity index (χ0v) is 13.6. The molecule has 1 aliphatic rings. The van der Waals surface area contributed by atoms with Gasteiger partial charge in [-0.2, -0.15) is 0 Å². The Morgan fingerprint density at radius 2 is 2.04 bits per heavy atom. The maximum Gasteiger partial charge on any atom is 0.129 e. The molecule has 23 heavy (non-hydrogen) atoms. The Bertz CT molecular complexity index is 575. The quantitative estimate of drug-likeness (QED) is 0.772. The van der Waals surface area contributed by atoms with Crippen LogP contribution in [0.3, 0.4) is 0 Å². The van der Waals surface area contributed by atoms with Crippen LogP contribution in [0.25, 0.3) is 0 Å². The van der Waals surface area contributed by atoms with Gasteiger partial charge in [-0.15, -0.1) is 0 Å². The van der Waals surface area contributed by atoms with Gasteiger partial charge in [0.15, 0.2) is 0 Å². The minimum Gasteiger partial charge on any atom is -0.467 e. The van der Waals surface area contributed by atoms with E-state index in [-0.39, 0.29) is 0 Å². The lowest BCUT2D eigenvalue weighted by Gasteiger charge is -2.25. The normalized spacial score (nSPS) is 16.0. The summed E-state index contributed by atoms with van der Waals surface area (Å²) < 4.78 is 10.8.